The summed E-state index contributed by atoms with van der Waals surface area (Å²) in [6.07, 6.45) is 0. The summed E-state index contributed by atoms with van der Waals surface area (Å²) in [5, 5.41) is 10.9. The molecule has 0 bridgehead atoms. The molecule has 0 unspecified atom stereocenters. The fraction of sp³-hybridized carbons (Fsp3) is 0.600. The van der Waals surface area contributed by atoms with E-state index in [2.05, 4.69) is 36.4 Å². The topological polar surface area (TPSA) is 150 Å². The Kier molecular flexibility index (Phi) is 33.3. The van der Waals surface area contributed by atoms with Gasteiger partial charge in [-0.15, -0.1) is 0 Å². The van der Waals surface area contributed by atoms with Gasteiger partial charge in [-0.3, -0.25) is 4.79 Å². The molecule has 0 atom stereocenters. The molecule has 0 radical (unpaired) electrons. The third-order valence-electron chi connectivity index (χ3n) is 3.84. The molecule has 0 saturated carbocycles. The molecule has 244 valence electrons. The van der Waals surface area contributed by atoms with Gasteiger partial charge in [-0.2, -0.15) is 0 Å². The number of ether oxygens (including phenoxy) is 5. The van der Waals surface area contributed by atoms with Crippen molar-refractivity contribution in [2.45, 2.75) is 47.6 Å². The molecule has 12 heteroatoms. The number of hydrogen-bond donors (Lipinski definition) is 2. The van der Waals surface area contributed by atoms with Crippen LogP contribution in [0.25, 0.3) is 0 Å². The van der Waals surface area contributed by atoms with E-state index in [0.29, 0.717) is 48.7 Å². The first-order valence-corrected chi connectivity index (χ1v) is 13.2. The highest BCUT2D eigenvalue weighted by Gasteiger charge is 2.03. The third-order valence-corrected chi connectivity index (χ3v) is 3.84. The molecule has 0 fully saturated rings. The number of carbonyl (C=O) groups excluding carboxylic acids is 4. The Labute approximate surface area is 252 Å². The quantitative estimate of drug-likeness (QED) is 0.116. The molecule has 0 aliphatic heterocycles. The number of likely N-dealkylation sites (N-methyl/N-ethyl adjacent to an activating group) is 1. The number of carbonyl (C=O) groups is 4. The Balaban J connectivity index is -0.000000232. The van der Waals surface area contributed by atoms with Crippen LogP contribution in [0.15, 0.2) is 48.6 Å². The molecule has 0 saturated heterocycles. The van der Waals surface area contributed by atoms with Gasteiger partial charge in [0.1, 0.15) is 19.8 Å². The highest BCUT2D eigenvalue weighted by atomic mass is 16.6. The monoisotopic (exact) mass is 602 g/mol. The van der Waals surface area contributed by atoms with Crippen LogP contribution in [0.5, 0.6) is 0 Å². The van der Waals surface area contributed by atoms with Crippen LogP contribution in [0, 0.1) is 0 Å². The number of nitrogens with one attached hydrogen (secondary N) is 1. The van der Waals surface area contributed by atoms with E-state index in [1.807, 2.05) is 32.8 Å². The van der Waals surface area contributed by atoms with Crippen LogP contribution in [0.3, 0.4) is 0 Å². The Morgan fingerprint density at radius 3 is 1.40 bits per heavy atom. The van der Waals surface area contributed by atoms with Crippen molar-refractivity contribution in [1.82, 2.24) is 10.2 Å². The molecule has 0 heterocycles. The molecule has 0 aliphatic rings. The summed E-state index contributed by atoms with van der Waals surface area (Å²) in [4.78, 5) is 44.8. The van der Waals surface area contributed by atoms with Crippen molar-refractivity contribution in [3.8, 4) is 0 Å². The van der Waals surface area contributed by atoms with Crippen molar-refractivity contribution < 1.29 is 48.0 Å². The number of aliphatic hydroxyl groups is 1. The standard InChI is InChI=1S/C9H16O4.C8H15NO2.C7H13NO.C6H10O3/c1-8(2)9(10)13-7-6-12-5-4-11-3;1-7(2)8(10)11-6-5-9(3)4;1-5(2)7(9)8-6(3)4;1-5(2)6(8)9-4-3-7/h1,4-7H2,2-3H3;1,5-6H2,2-4H3;6H,1H2,2-4H3,(H,8,9);7H,1,3-4H2,2H3. The summed E-state index contributed by atoms with van der Waals surface area (Å²) >= 11 is 0. The predicted octanol–water partition coefficient (Wildman–Crippen LogP) is 2.62. The van der Waals surface area contributed by atoms with Crippen LogP contribution in [-0.2, 0) is 42.9 Å². The van der Waals surface area contributed by atoms with Gasteiger partial charge in [0.05, 0.1) is 26.4 Å². The van der Waals surface area contributed by atoms with Crippen LogP contribution >= 0.6 is 0 Å². The van der Waals surface area contributed by atoms with Gasteiger partial charge in [0, 0.05) is 42.0 Å². The fourth-order valence-electron chi connectivity index (χ4n) is 1.65. The summed E-state index contributed by atoms with van der Waals surface area (Å²) in [5.41, 5.74) is 1.76. The lowest BCUT2D eigenvalue weighted by Gasteiger charge is -2.09. The van der Waals surface area contributed by atoms with E-state index in [9.17, 15) is 19.2 Å². The second-order valence-corrected chi connectivity index (χ2v) is 9.29. The SMILES string of the molecule is C=C(C)C(=O)NC(C)C.C=C(C)C(=O)OCCN(C)C.C=C(C)C(=O)OCCO.C=C(C)C(=O)OCCOCCOC. The Morgan fingerprint density at radius 2 is 1.10 bits per heavy atom. The Hall–Kier alpha value is -3.32. The zero-order valence-electron chi connectivity index (χ0n) is 27.1. The zero-order valence-corrected chi connectivity index (χ0v) is 27.1. The number of aliphatic hydroxyl groups excluding tert-OH is 1. The van der Waals surface area contributed by atoms with Crippen LogP contribution in [0.1, 0.15) is 41.5 Å². The van der Waals surface area contributed by atoms with Gasteiger partial charge in [0.2, 0.25) is 5.91 Å². The van der Waals surface area contributed by atoms with Crippen molar-refractivity contribution in [2.24, 2.45) is 0 Å². The van der Waals surface area contributed by atoms with Gasteiger partial charge in [-0.25, -0.2) is 14.4 Å². The number of rotatable bonds is 16. The molecular weight excluding hydrogens is 548 g/mol. The van der Waals surface area contributed by atoms with Gasteiger partial charge in [0.15, 0.2) is 0 Å². The summed E-state index contributed by atoms with van der Waals surface area (Å²) < 4.78 is 23.9. The summed E-state index contributed by atoms with van der Waals surface area (Å²) in [5.74, 6) is -1.21. The maximum Gasteiger partial charge on any atom is 0.333 e. The lowest BCUT2D eigenvalue weighted by molar-refractivity contribution is -0.141. The first kappa shape index (κ1) is 45.7. The van der Waals surface area contributed by atoms with Gasteiger partial charge in [-0.05, 0) is 55.6 Å². The van der Waals surface area contributed by atoms with E-state index in [-0.39, 0.29) is 43.7 Å². The van der Waals surface area contributed by atoms with Crippen LogP contribution in [0.2, 0.25) is 0 Å². The molecular formula is C30H54N2O10. The second-order valence-electron chi connectivity index (χ2n) is 9.29. The van der Waals surface area contributed by atoms with E-state index < -0.39 is 5.97 Å². The predicted molar refractivity (Wildman–Crippen MR) is 164 cm³/mol. The summed E-state index contributed by atoms with van der Waals surface area (Å²) in [6.45, 7) is 26.9. The average Bonchev–Trinajstić information content (AvgIpc) is 2.89. The first-order chi connectivity index (χ1) is 19.4. The largest absolute Gasteiger partial charge is 0.461 e. The Bertz CT molecular complexity index is 836. The van der Waals surface area contributed by atoms with Crippen LogP contribution < -0.4 is 5.32 Å². The van der Waals surface area contributed by atoms with E-state index in [0.717, 1.165) is 6.54 Å². The lowest BCUT2D eigenvalue weighted by Crippen LogP contribution is -2.30. The minimum Gasteiger partial charge on any atom is -0.461 e. The van der Waals surface area contributed by atoms with E-state index in [1.165, 1.54) is 0 Å². The maximum atomic E-state index is 10.8. The molecule has 2 N–H and O–H groups in total. The van der Waals surface area contributed by atoms with Crippen molar-refractivity contribution in [3.63, 3.8) is 0 Å². The van der Waals surface area contributed by atoms with Crippen molar-refractivity contribution in [1.29, 1.82) is 0 Å². The molecule has 0 aliphatic carbocycles. The van der Waals surface area contributed by atoms with Gasteiger partial charge < -0.3 is 39.0 Å². The van der Waals surface area contributed by atoms with Crippen molar-refractivity contribution in [2.75, 3.05) is 74.0 Å². The normalized spacial score (nSPS) is 9.43. The first-order valence-electron chi connectivity index (χ1n) is 13.2. The van der Waals surface area contributed by atoms with E-state index in [4.69, 9.17) is 24.1 Å². The maximum absolute atomic E-state index is 10.8. The van der Waals surface area contributed by atoms with Crippen LogP contribution in [0.4, 0.5) is 0 Å². The number of nitrogens with zero attached hydrogens (tertiary/aromatic N) is 1. The molecule has 0 rings (SSSR count). The molecule has 0 aromatic rings. The summed E-state index contributed by atoms with van der Waals surface area (Å²) in [7, 11) is 5.45. The molecule has 0 spiro atoms. The van der Waals surface area contributed by atoms with Gasteiger partial charge >= 0.3 is 17.9 Å². The second kappa shape index (κ2) is 30.6. The lowest BCUT2D eigenvalue weighted by atomic mass is 10.3. The van der Waals surface area contributed by atoms with Crippen LogP contribution in [-0.4, -0.2) is 114 Å². The molecule has 1 amide bonds. The number of esters is 3. The third kappa shape index (κ3) is 38.8. The van der Waals surface area contributed by atoms with E-state index in [1.54, 1.807) is 34.8 Å². The minimum absolute atomic E-state index is 0.0473. The minimum atomic E-state index is -0.455. The molecule has 0 aromatic heterocycles. The molecule has 42 heavy (non-hydrogen) atoms. The van der Waals surface area contributed by atoms with Gasteiger partial charge in [0.25, 0.3) is 0 Å². The van der Waals surface area contributed by atoms with E-state index >= 15 is 0 Å². The molecule has 12 nitrogen and oxygen atoms in total. The number of amides is 1. The van der Waals surface area contributed by atoms with Crippen molar-refractivity contribution in [3.05, 3.63) is 48.6 Å². The average molecular weight is 603 g/mol. The van der Waals surface area contributed by atoms with Gasteiger partial charge in [-0.1, -0.05) is 26.3 Å². The summed E-state index contributed by atoms with van der Waals surface area (Å²) in [6, 6.07) is 0.203. The zero-order chi connectivity index (χ0) is 33.7. The van der Waals surface area contributed by atoms with Crippen molar-refractivity contribution >= 4 is 23.8 Å². The Morgan fingerprint density at radius 1 is 0.690 bits per heavy atom. The highest BCUT2D eigenvalue weighted by Crippen LogP contribution is 1.92. The number of hydrogen-bond acceptors (Lipinski definition) is 11. The molecule has 0 aromatic carbocycles. The fourth-order valence-corrected chi connectivity index (χ4v) is 1.65. The number of methoxy groups -OCH3 is 1. The smallest absolute Gasteiger partial charge is 0.333 e. The highest BCUT2D eigenvalue weighted by molar-refractivity contribution is 5.92.